The van der Waals surface area contributed by atoms with Crippen LogP contribution in [0.1, 0.15) is 55.8 Å². The predicted molar refractivity (Wildman–Crippen MR) is 112 cm³/mol. The number of allylic oxidation sites excluding steroid dienone is 1. The second-order valence-electron chi connectivity index (χ2n) is 6.57. The topological polar surface area (TPSA) is 44.8 Å². The fourth-order valence-electron chi connectivity index (χ4n) is 2.58. The largest absolute Gasteiger partial charge is 0.494 e. The minimum atomic E-state index is -0.394. The highest BCUT2D eigenvalue weighted by atomic mass is 16.5. The van der Waals surface area contributed by atoms with Crippen LogP contribution >= 0.6 is 0 Å². The van der Waals surface area contributed by atoms with Crippen molar-refractivity contribution in [1.29, 1.82) is 0 Å². The highest BCUT2D eigenvalue weighted by Gasteiger charge is 2.09. The van der Waals surface area contributed by atoms with Gasteiger partial charge in [0.15, 0.2) is 0 Å². The molecule has 2 aromatic carbocycles. The van der Waals surface area contributed by atoms with Gasteiger partial charge in [0.2, 0.25) is 0 Å². The number of carbonyl (C=O) groups excluding carboxylic acids is 1. The normalized spacial score (nSPS) is 10.3. The molecule has 0 atom stereocenters. The Morgan fingerprint density at radius 3 is 1.93 bits per heavy atom. The van der Waals surface area contributed by atoms with Crippen LogP contribution in [0.3, 0.4) is 0 Å². The zero-order chi connectivity index (χ0) is 20.0. The molecule has 4 nitrogen and oxygen atoms in total. The number of ether oxygens (including phenoxy) is 3. The summed E-state index contributed by atoms with van der Waals surface area (Å²) >= 11 is 0. The monoisotopic (exact) mass is 382 g/mol. The Labute approximate surface area is 168 Å². The summed E-state index contributed by atoms with van der Waals surface area (Å²) in [5, 5.41) is 0. The Kier molecular flexibility index (Phi) is 9.70. The molecule has 0 saturated carbocycles. The molecule has 0 aliphatic carbocycles. The van der Waals surface area contributed by atoms with E-state index in [2.05, 4.69) is 13.5 Å². The zero-order valence-electron chi connectivity index (χ0n) is 16.7. The molecule has 0 fully saturated rings. The van der Waals surface area contributed by atoms with Gasteiger partial charge in [-0.05, 0) is 74.2 Å². The predicted octanol–water partition coefficient (Wildman–Crippen LogP) is 6.21. The fourth-order valence-corrected chi connectivity index (χ4v) is 2.58. The van der Waals surface area contributed by atoms with Crippen molar-refractivity contribution in [3.63, 3.8) is 0 Å². The van der Waals surface area contributed by atoms with E-state index >= 15 is 0 Å². The summed E-state index contributed by atoms with van der Waals surface area (Å²) in [5.74, 6) is 1.63. The second kappa shape index (κ2) is 12.6. The summed E-state index contributed by atoms with van der Waals surface area (Å²) in [6, 6.07) is 14.1. The van der Waals surface area contributed by atoms with E-state index in [1.807, 2.05) is 18.2 Å². The molecule has 0 unspecified atom stereocenters. The minimum Gasteiger partial charge on any atom is -0.494 e. The van der Waals surface area contributed by atoms with E-state index in [1.165, 1.54) is 6.42 Å². The molecule has 28 heavy (non-hydrogen) atoms. The molecule has 0 amide bonds. The van der Waals surface area contributed by atoms with Crippen LogP contribution in [0.5, 0.6) is 17.2 Å². The van der Waals surface area contributed by atoms with E-state index in [0.29, 0.717) is 24.5 Å². The molecule has 0 radical (unpaired) electrons. The lowest BCUT2D eigenvalue weighted by molar-refractivity contribution is 0.0734. The van der Waals surface area contributed by atoms with Gasteiger partial charge in [-0.3, -0.25) is 0 Å². The van der Waals surface area contributed by atoms with Crippen molar-refractivity contribution in [2.45, 2.75) is 45.4 Å². The van der Waals surface area contributed by atoms with Crippen LogP contribution in [0.25, 0.3) is 0 Å². The van der Waals surface area contributed by atoms with E-state index in [1.54, 1.807) is 36.4 Å². The smallest absolute Gasteiger partial charge is 0.343 e. The van der Waals surface area contributed by atoms with Crippen molar-refractivity contribution in [3.8, 4) is 17.2 Å². The van der Waals surface area contributed by atoms with Crippen molar-refractivity contribution in [3.05, 3.63) is 66.7 Å². The van der Waals surface area contributed by atoms with E-state index in [4.69, 9.17) is 14.2 Å². The molecule has 0 aliphatic rings. The first kappa shape index (κ1) is 21.5. The molecular weight excluding hydrogens is 352 g/mol. The minimum absolute atomic E-state index is 0.394. The Bertz CT molecular complexity index is 704. The highest BCUT2D eigenvalue weighted by Crippen LogP contribution is 2.20. The SMILES string of the molecule is C=CCCCCOc1ccc(C(=O)Oc2ccc(OCCCCC)cc2)cc1. The van der Waals surface area contributed by atoms with Crippen LogP contribution in [-0.2, 0) is 0 Å². The third-order valence-corrected chi connectivity index (χ3v) is 4.21. The number of hydrogen-bond acceptors (Lipinski definition) is 4. The number of benzene rings is 2. The number of esters is 1. The number of carbonyl (C=O) groups is 1. The molecule has 0 aliphatic heterocycles. The molecule has 0 N–H and O–H groups in total. The average Bonchev–Trinajstić information content (AvgIpc) is 2.72. The van der Waals surface area contributed by atoms with E-state index < -0.39 is 5.97 Å². The quantitative estimate of drug-likeness (QED) is 0.179. The molecule has 2 aromatic rings. The van der Waals surface area contributed by atoms with Crippen molar-refractivity contribution < 1.29 is 19.0 Å². The molecule has 0 bridgehead atoms. The number of rotatable bonds is 13. The van der Waals surface area contributed by atoms with Crippen LogP contribution in [-0.4, -0.2) is 19.2 Å². The van der Waals surface area contributed by atoms with Gasteiger partial charge in [-0.25, -0.2) is 4.79 Å². The van der Waals surface area contributed by atoms with E-state index in [-0.39, 0.29) is 0 Å². The molecule has 0 saturated heterocycles. The maximum absolute atomic E-state index is 12.3. The Balaban J connectivity index is 1.78. The van der Waals surface area contributed by atoms with E-state index in [9.17, 15) is 4.79 Å². The third kappa shape index (κ3) is 7.87. The maximum atomic E-state index is 12.3. The van der Waals surface area contributed by atoms with Crippen molar-refractivity contribution in [1.82, 2.24) is 0 Å². The van der Waals surface area contributed by atoms with Gasteiger partial charge in [-0.2, -0.15) is 0 Å². The summed E-state index contributed by atoms with van der Waals surface area (Å²) in [6.07, 6.45) is 8.33. The molecule has 150 valence electrons. The lowest BCUT2D eigenvalue weighted by Crippen LogP contribution is -2.08. The van der Waals surface area contributed by atoms with Crippen LogP contribution in [0.4, 0.5) is 0 Å². The van der Waals surface area contributed by atoms with Crippen LogP contribution in [0, 0.1) is 0 Å². The standard InChI is InChI=1S/C24H30O4/c1-3-5-7-9-19-27-21-12-10-20(11-13-21)24(25)28-23-16-14-22(15-17-23)26-18-8-6-4-2/h3,10-17H,1,4-9,18-19H2,2H3. The number of unbranched alkanes of at least 4 members (excludes halogenated alkanes) is 4. The lowest BCUT2D eigenvalue weighted by Gasteiger charge is -2.09. The summed E-state index contributed by atoms with van der Waals surface area (Å²) in [4.78, 5) is 12.3. The number of hydrogen-bond donors (Lipinski definition) is 0. The third-order valence-electron chi connectivity index (χ3n) is 4.21. The van der Waals surface area contributed by atoms with Crippen molar-refractivity contribution in [2.24, 2.45) is 0 Å². The molecule has 0 heterocycles. The van der Waals surface area contributed by atoms with Gasteiger partial charge in [0.1, 0.15) is 17.2 Å². The zero-order valence-corrected chi connectivity index (χ0v) is 16.7. The molecule has 2 rings (SSSR count). The first-order valence-corrected chi connectivity index (χ1v) is 10.0. The molecule has 0 aromatic heterocycles. The van der Waals surface area contributed by atoms with E-state index in [0.717, 1.165) is 43.6 Å². The fraction of sp³-hybridized carbons (Fsp3) is 0.375. The first-order valence-electron chi connectivity index (χ1n) is 10.0. The van der Waals surface area contributed by atoms with Crippen LogP contribution < -0.4 is 14.2 Å². The summed E-state index contributed by atoms with van der Waals surface area (Å²) in [6.45, 7) is 7.23. The maximum Gasteiger partial charge on any atom is 0.343 e. The van der Waals surface area contributed by atoms with Gasteiger partial charge in [-0.1, -0.05) is 25.8 Å². The average molecular weight is 383 g/mol. The van der Waals surface area contributed by atoms with Gasteiger partial charge >= 0.3 is 5.97 Å². The van der Waals surface area contributed by atoms with Gasteiger partial charge in [0, 0.05) is 0 Å². The van der Waals surface area contributed by atoms with Gasteiger partial charge in [0.05, 0.1) is 18.8 Å². The van der Waals surface area contributed by atoms with Gasteiger partial charge < -0.3 is 14.2 Å². The molecule has 0 spiro atoms. The summed E-state index contributed by atoms with van der Waals surface area (Å²) in [7, 11) is 0. The van der Waals surface area contributed by atoms with Gasteiger partial charge in [0.25, 0.3) is 0 Å². The first-order chi connectivity index (χ1) is 13.7. The Morgan fingerprint density at radius 1 is 0.821 bits per heavy atom. The lowest BCUT2D eigenvalue weighted by atomic mass is 10.2. The highest BCUT2D eigenvalue weighted by molar-refractivity contribution is 5.91. The second-order valence-corrected chi connectivity index (χ2v) is 6.57. The molecule has 4 heteroatoms. The Hall–Kier alpha value is -2.75. The van der Waals surface area contributed by atoms with Crippen LogP contribution in [0.15, 0.2) is 61.2 Å². The summed E-state index contributed by atoms with van der Waals surface area (Å²) < 4.78 is 16.7. The van der Waals surface area contributed by atoms with Crippen molar-refractivity contribution >= 4 is 5.97 Å². The Morgan fingerprint density at radius 2 is 1.36 bits per heavy atom. The van der Waals surface area contributed by atoms with Crippen molar-refractivity contribution in [2.75, 3.05) is 13.2 Å². The molecular formula is C24H30O4. The van der Waals surface area contributed by atoms with Crippen LogP contribution in [0.2, 0.25) is 0 Å². The van der Waals surface area contributed by atoms with Gasteiger partial charge in [-0.15, -0.1) is 6.58 Å². The summed E-state index contributed by atoms with van der Waals surface area (Å²) in [5.41, 5.74) is 0.485.